The molecule has 3 saturated heterocycles. The van der Waals surface area contributed by atoms with Gasteiger partial charge in [-0.05, 0) is 20.5 Å². The maximum atomic E-state index is 9.66. The average Bonchev–Trinajstić information content (AvgIpc) is 3.19. The van der Waals surface area contributed by atoms with E-state index < -0.39 is 0 Å². The summed E-state index contributed by atoms with van der Waals surface area (Å²) in [6, 6.07) is 2.16. The van der Waals surface area contributed by atoms with Gasteiger partial charge < -0.3 is 24.5 Å². The monoisotopic (exact) mass is 376 g/mol. The molecule has 8 nitrogen and oxygen atoms in total. The Bertz CT molecular complexity index is 623. The second kappa shape index (κ2) is 8.26. The zero-order valence-electron chi connectivity index (χ0n) is 16.5. The van der Waals surface area contributed by atoms with Gasteiger partial charge in [-0.2, -0.15) is 4.98 Å². The van der Waals surface area contributed by atoms with Crippen molar-refractivity contribution in [3.8, 4) is 0 Å². The van der Waals surface area contributed by atoms with Gasteiger partial charge in [0.1, 0.15) is 5.82 Å². The van der Waals surface area contributed by atoms with E-state index in [-0.39, 0.29) is 6.10 Å². The van der Waals surface area contributed by atoms with Gasteiger partial charge in [-0.1, -0.05) is 0 Å². The number of likely N-dealkylation sites (N-methyl/N-ethyl adjacent to an activating group) is 1. The van der Waals surface area contributed by atoms with Gasteiger partial charge in [-0.3, -0.25) is 4.90 Å². The molecule has 1 atom stereocenters. The van der Waals surface area contributed by atoms with Crippen molar-refractivity contribution in [3.63, 3.8) is 0 Å². The molecule has 3 fully saturated rings. The van der Waals surface area contributed by atoms with Crippen molar-refractivity contribution in [1.29, 1.82) is 0 Å². The number of aromatic nitrogens is 2. The lowest BCUT2D eigenvalue weighted by atomic mass is 10.0. The van der Waals surface area contributed by atoms with Crippen LogP contribution in [0.1, 0.15) is 18.0 Å². The normalized spacial score (nSPS) is 24.7. The number of piperazine rings is 1. The molecule has 0 saturated carbocycles. The maximum Gasteiger partial charge on any atom is 0.227 e. The predicted molar refractivity (Wildman–Crippen MR) is 106 cm³/mol. The predicted octanol–water partition coefficient (Wildman–Crippen LogP) is -0.155. The minimum atomic E-state index is -0.254. The van der Waals surface area contributed by atoms with Crippen molar-refractivity contribution in [2.24, 2.45) is 0 Å². The first-order valence-corrected chi connectivity index (χ1v) is 10.1. The van der Waals surface area contributed by atoms with E-state index in [1.165, 1.54) is 0 Å². The standard InChI is InChI=1S/C19H32N6O2/c1-22(2)4-5-23-6-8-24(9-7-23)18-11-17(15-3-10-27-14-15)20-19(21-18)25-12-16(26)13-25/h11,15-16,26H,3-10,12-14H2,1-2H3/t15-/m1/s1. The zero-order valence-corrected chi connectivity index (χ0v) is 16.5. The third kappa shape index (κ3) is 4.51. The Morgan fingerprint density at radius 3 is 2.56 bits per heavy atom. The minimum absolute atomic E-state index is 0.254. The highest BCUT2D eigenvalue weighted by Crippen LogP contribution is 2.29. The number of hydrogen-bond donors (Lipinski definition) is 1. The molecule has 0 bridgehead atoms. The number of anilines is 2. The minimum Gasteiger partial charge on any atom is -0.389 e. The quantitative estimate of drug-likeness (QED) is 0.735. The Morgan fingerprint density at radius 1 is 1.15 bits per heavy atom. The molecule has 1 N–H and O–H groups in total. The van der Waals surface area contributed by atoms with Crippen molar-refractivity contribution in [2.45, 2.75) is 18.4 Å². The molecular formula is C19H32N6O2. The summed E-state index contributed by atoms with van der Waals surface area (Å²) >= 11 is 0. The molecule has 0 spiro atoms. The summed E-state index contributed by atoms with van der Waals surface area (Å²) in [4.78, 5) is 18.9. The molecule has 4 heterocycles. The largest absolute Gasteiger partial charge is 0.389 e. The number of hydrogen-bond acceptors (Lipinski definition) is 8. The van der Waals surface area contributed by atoms with Crippen molar-refractivity contribution >= 4 is 11.8 Å². The molecule has 27 heavy (non-hydrogen) atoms. The van der Waals surface area contributed by atoms with Crippen LogP contribution >= 0.6 is 0 Å². The number of ether oxygens (including phenoxy) is 1. The second-order valence-corrected chi connectivity index (χ2v) is 8.20. The van der Waals surface area contributed by atoms with Crippen LogP contribution < -0.4 is 9.80 Å². The highest BCUT2D eigenvalue weighted by Gasteiger charge is 2.30. The van der Waals surface area contributed by atoms with Crippen LogP contribution in [0.5, 0.6) is 0 Å². The Hall–Kier alpha value is -1.48. The van der Waals surface area contributed by atoms with Gasteiger partial charge in [0.05, 0.1) is 18.4 Å². The molecule has 0 amide bonds. The fourth-order valence-corrected chi connectivity index (χ4v) is 3.88. The van der Waals surface area contributed by atoms with E-state index in [1.807, 2.05) is 0 Å². The van der Waals surface area contributed by atoms with Crippen molar-refractivity contribution < 1.29 is 9.84 Å². The van der Waals surface area contributed by atoms with Crippen LogP contribution in [0.25, 0.3) is 0 Å². The Kier molecular flexibility index (Phi) is 5.77. The van der Waals surface area contributed by atoms with Crippen LogP contribution in [0, 0.1) is 0 Å². The summed E-state index contributed by atoms with van der Waals surface area (Å²) in [7, 11) is 4.25. The average molecular weight is 377 g/mol. The topological polar surface area (TPSA) is 68.2 Å². The molecule has 0 unspecified atom stereocenters. The Balaban J connectivity index is 1.46. The molecule has 3 aliphatic rings. The van der Waals surface area contributed by atoms with Crippen molar-refractivity contribution in [1.82, 2.24) is 19.8 Å². The van der Waals surface area contributed by atoms with Crippen LogP contribution in [-0.4, -0.2) is 111 Å². The van der Waals surface area contributed by atoms with Gasteiger partial charge in [0, 0.05) is 70.9 Å². The first-order chi connectivity index (χ1) is 13.1. The first-order valence-electron chi connectivity index (χ1n) is 10.1. The lowest BCUT2D eigenvalue weighted by Crippen LogP contribution is -2.52. The fraction of sp³-hybridized carbons (Fsp3) is 0.789. The highest BCUT2D eigenvalue weighted by atomic mass is 16.5. The van der Waals surface area contributed by atoms with E-state index in [0.29, 0.717) is 19.0 Å². The molecule has 4 rings (SSSR count). The van der Waals surface area contributed by atoms with Crippen LogP contribution in [0.4, 0.5) is 11.8 Å². The van der Waals surface area contributed by atoms with Gasteiger partial charge >= 0.3 is 0 Å². The summed E-state index contributed by atoms with van der Waals surface area (Å²) in [5.74, 6) is 2.14. The van der Waals surface area contributed by atoms with Gasteiger partial charge in [0.25, 0.3) is 0 Å². The Labute approximate surface area is 161 Å². The molecule has 1 aromatic heterocycles. The van der Waals surface area contributed by atoms with Gasteiger partial charge in [-0.25, -0.2) is 4.98 Å². The molecule has 0 aliphatic carbocycles. The smallest absolute Gasteiger partial charge is 0.227 e. The van der Waals surface area contributed by atoms with E-state index in [4.69, 9.17) is 14.7 Å². The van der Waals surface area contributed by atoms with Gasteiger partial charge in [0.15, 0.2) is 0 Å². The first kappa shape index (κ1) is 18.9. The van der Waals surface area contributed by atoms with Crippen LogP contribution in [0.15, 0.2) is 6.07 Å². The summed E-state index contributed by atoms with van der Waals surface area (Å²) in [5.41, 5.74) is 1.09. The van der Waals surface area contributed by atoms with E-state index in [0.717, 1.165) is 76.4 Å². The summed E-state index contributed by atoms with van der Waals surface area (Å²) < 4.78 is 5.58. The van der Waals surface area contributed by atoms with Gasteiger partial charge in [-0.15, -0.1) is 0 Å². The van der Waals surface area contributed by atoms with E-state index in [2.05, 4.69) is 39.8 Å². The molecule has 150 valence electrons. The molecular weight excluding hydrogens is 344 g/mol. The fourth-order valence-electron chi connectivity index (χ4n) is 3.88. The van der Waals surface area contributed by atoms with Crippen LogP contribution in [-0.2, 0) is 4.74 Å². The van der Waals surface area contributed by atoms with Crippen LogP contribution in [0.2, 0.25) is 0 Å². The molecule has 0 aromatic carbocycles. The summed E-state index contributed by atoms with van der Waals surface area (Å²) in [6.07, 6.45) is 0.771. The van der Waals surface area contributed by atoms with Crippen molar-refractivity contribution in [2.75, 3.05) is 89.5 Å². The number of aliphatic hydroxyl groups is 1. The Morgan fingerprint density at radius 2 is 1.93 bits per heavy atom. The third-order valence-electron chi connectivity index (χ3n) is 5.77. The lowest BCUT2D eigenvalue weighted by Gasteiger charge is -2.38. The summed E-state index contributed by atoms with van der Waals surface area (Å²) in [5, 5.41) is 9.66. The van der Waals surface area contributed by atoms with E-state index in [1.54, 1.807) is 0 Å². The summed E-state index contributed by atoms with van der Waals surface area (Å²) in [6.45, 7) is 9.15. The number of rotatable bonds is 6. The van der Waals surface area contributed by atoms with E-state index >= 15 is 0 Å². The lowest BCUT2D eigenvalue weighted by molar-refractivity contribution is 0.140. The SMILES string of the molecule is CN(C)CCN1CCN(c2cc([C@@H]3CCOC3)nc(N3CC(O)C3)n2)CC1. The zero-order chi connectivity index (χ0) is 18.8. The molecule has 1 aromatic rings. The number of β-amino-alcohol motifs (C(OH)–C–C–N with tert-alkyl or cyclic N) is 1. The number of nitrogens with zero attached hydrogens (tertiary/aromatic N) is 6. The second-order valence-electron chi connectivity index (χ2n) is 8.20. The number of aliphatic hydroxyl groups excluding tert-OH is 1. The van der Waals surface area contributed by atoms with Gasteiger partial charge in [0.2, 0.25) is 5.95 Å². The van der Waals surface area contributed by atoms with Crippen molar-refractivity contribution in [3.05, 3.63) is 11.8 Å². The van der Waals surface area contributed by atoms with E-state index in [9.17, 15) is 5.11 Å². The highest BCUT2D eigenvalue weighted by molar-refractivity contribution is 5.48. The maximum absolute atomic E-state index is 9.66. The third-order valence-corrected chi connectivity index (χ3v) is 5.77. The molecule has 3 aliphatic heterocycles. The molecule has 8 heteroatoms. The van der Waals surface area contributed by atoms with Crippen LogP contribution in [0.3, 0.4) is 0 Å². The molecule has 0 radical (unpaired) electrons.